The summed E-state index contributed by atoms with van der Waals surface area (Å²) >= 11 is 0. The van der Waals surface area contributed by atoms with Crippen molar-refractivity contribution in [2.24, 2.45) is 0 Å². The molecular formula is C21H27NO2. The van der Waals surface area contributed by atoms with Gasteiger partial charge in [-0.2, -0.15) is 0 Å². The van der Waals surface area contributed by atoms with Crippen LogP contribution < -0.4 is 10.1 Å². The minimum atomic E-state index is -0.00391. The van der Waals surface area contributed by atoms with Crippen molar-refractivity contribution < 1.29 is 9.53 Å². The van der Waals surface area contributed by atoms with E-state index >= 15 is 0 Å². The molecule has 3 nitrogen and oxygen atoms in total. The van der Waals surface area contributed by atoms with E-state index in [0.29, 0.717) is 13.0 Å². The second-order valence-corrected chi connectivity index (χ2v) is 5.80. The predicted molar refractivity (Wildman–Crippen MR) is 99.8 cm³/mol. The number of para-hydroxylation sites is 1. The molecule has 2 aromatic rings. The van der Waals surface area contributed by atoms with Crippen molar-refractivity contribution in [3.8, 4) is 5.75 Å². The molecule has 24 heavy (non-hydrogen) atoms. The number of rotatable bonds is 8. The van der Waals surface area contributed by atoms with Gasteiger partial charge in [-0.25, -0.2) is 0 Å². The molecule has 0 aliphatic rings. The first kappa shape index (κ1) is 18.1. The summed E-state index contributed by atoms with van der Waals surface area (Å²) in [6, 6.07) is 14.2. The number of carbonyl (C=O) groups excluding carboxylic acids is 1. The van der Waals surface area contributed by atoms with Crippen LogP contribution in [0.2, 0.25) is 0 Å². The topological polar surface area (TPSA) is 38.3 Å². The van der Waals surface area contributed by atoms with Crippen LogP contribution in [0.25, 0.3) is 0 Å². The zero-order chi connectivity index (χ0) is 17.4. The van der Waals surface area contributed by atoms with E-state index in [0.717, 1.165) is 30.7 Å². The van der Waals surface area contributed by atoms with Crippen molar-refractivity contribution in [3.63, 3.8) is 0 Å². The summed E-state index contributed by atoms with van der Waals surface area (Å²) in [6.07, 6.45) is 3.17. The van der Waals surface area contributed by atoms with E-state index in [-0.39, 0.29) is 5.91 Å². The van der Waals surface area contributed by atoms with E-state index in [2.05, 4.69) is 56.4 Å². The van der Waals surface area contributed by atoms with Crippen LogP contribution in [-0.4, -0.2) is 12.5 Å². The molecule has 0 aliphatic heterocycles. The summed E-state index contributed by atoms with van der Waals surface area (Å²) in [6.45, 7) is 6.72. The lowest BCUT2D eigenvalue weighted by Gasteiger charge is -2.14. The Labute approximate surface area is 145 Å². The Hall–Kier alpha value is -2.29. The van der Waals surface area contributed by atoms with E-state index in [1.807, 2.05) is 12.1 Å². The molecule has 0 atom stereocenters. The number of nitrogens with one attached hydrogen (secondary N) is 1. The number of hydrogen-bond donors (Lipinski definition) is 1. The molecule has 1 amide bonds. The third-order valence-electron chi connectivity index (χ3n) is 4.19. The van der Waals surface area contributed by atoms with Crippen LogP contribution in [0.4, 0.5) is 5.69 Å². The molecule has 0 bridgehead atoms. The highest BCUT2D eigenvalue weighted by molar-refractivity contribution is 5.92. The van der Waals surface area contributed by atoms with Crippen LogP contribution in [0.5, 0.6) is 5.75 Å². The number of benzene rings is 2. The third kappa shape index (κ3) is 4.85. The maximum absolute atomic E-state index is 12.2. The summed E-state index contributed by atoms with van der Waals surface area (Å²) < 4.78 is 5.67. The second-order valence-electron chi connectivity index (χ2n) is 5.80. The van der Waals surface area contributed by atoms with Gasteiger partial charge in [-0.1, -0.05) is 51.1 Å². The van der Waals surface area contributed by atoms with Gasteiger partial charge in [0.05, 0.1) is 13.0 Å². The fraction of sp³-hybridized carbons (Fsp3) is 0.381. The summed E-state index contributed by atoms with van der Waals surface area (Å²) in [7, 11) is 0. The maximum Gasteiger partial charge on any atom is 0.227 e. The van der Waals surface area contributed by atoms with Crippen LogP contribution in [0.1, 0.15) is 43.9 Å². The number of anilines is 1. The Morgan fingerprint density at radius 1 is 0.917 bits per heavy atom. The summed E-state index contributed by atoms with van der Waals surface area (Å²) in [5, 5.41) is 3.07. The summed E-state index contributed by atoms with van der Waals surface area (Å²) in [5.74, 6) is 0.805. The lowest BCUT2D eigenvalue weighted by atomic mass is 10.0. The number of carbonyl (C=O) groups is 1. The SMILES string of the molecule is CCc1ccc(OCCC(=O)Nc2c(CC)cccc2CC)cc1. The Morgan fingerprint density at radius 2 is 1.54 bits per heavy atom. The zero-order valence-electron chi connectivity index (χ0n) is 14.9. The summed E-state index contributed by atoms with van der Waals surface area (Å²) in [4.78, 5) is 12.2. The van der Waals surface area contributed by atoms with Crippen LogP contribution in [0, 0.1) is 0 Å². The lowest BCUT2D eigenvalue weighted by molar-refractivity contribution is -0.116. The van der Waals surface area contributed by atoms with Gasteiger partial charge in [-0.05, 0) is 48.1 Å². The minimum Gasteiger partial charge on any atom is -0.493 e. The van der Waals surface area contributed by atoms with Crippen LogP contribution in [0.3, 0.4) is 0 Å². The van der Waals surface area contributed by atoms with E-state index < -0.39 is 0 Å². The zero-order valence-corrected chi connectivity index (χ0v) is 14.9. The molecule has 0 radical (unpaired) electrons. The summed E-state index contributed by atoms with van der Waals surface area (Å²) in [5.41, 5.74) is 4.61. The molecule has 0 saturated heterocycles. The van der Waals surface area contributed by atoms with Crippen LogP contribution in [-0.2, 0) is 24.1 Å². The van der Waals surface area contributed by atoms with E-state index in [1.165, 1.54) is 16.7 Å². The average molecular weight is 325 g/mol. The smallest absolute Gasteiger partial charge is 0.227 e. The van der Waals surface area contributed by atoms with Gasteiger partial charge in [0.15, 0.2) is 0 Å². The molecule has 2 rings (SSSR count). The molecule has 0 fully saturated rings. The number of amides is 1. The Balaban J connectivity index is 1.89. The first-order valence-electron chi connectivity index (χ1n) is 8.80. The molecule has 2 aromatic carbocycles. The molecule has 3 heteroatoms. The third-order valence-corrected chi connectivity index (χ3v) is 4.19. The van der Waals surface area contributed by atoms with E-state index in [9.17, 15) is 4.79 Å². The minimum absolute atomic E-state index is 0.00391. The molecular weight excluding hydrogens is 298 g/mol. The quantitative estimate of drug-likeness (QED) is 0.758. The van der Waals surface area contributed by atoms with Crippen molar-refractivity contribution in [1.82, 2.24) is 0 Å². The van der Waals surface area contributed by atoms with E-state index in [1.54, 1.807) is 0 Å². The van der Waals surface area contributed by atoms with Crippen molar-refractivity contribution in [2.45, 2.75) is 46.5 Å². The normalized spacial score (nSPS) is 10.5. The largest absolute Gasteiger partial charge is 0.493 e. The van der Waals surface area contributed by atoms with Gasteiger partial charge in [0, 0.05) is 5.69 Å². The maximum atomic E-state index is 12.2. The molecule has 0 spiro atoms. The van der Waals surface area contributed by atoms with Gasteiger partial charge in [0.25, 0.3) is 0 Å². The van der Waals surface area contributed by atoms with Crippen molar-refractivity contribution in [2.75, 3.05) is 11.9 Å². The molecule has 128 valence electrons. The van der Waals surface area contributed by atoms with Gasteiger partial charge in [-0.15, -0.1) is 0 Å². The van der Waals surface area contributed by atoms with Gasteiger partial charge in [0.2, 0.25) is 5.91 Å². The Kier molecular flexibility index (Phi) is 6.86. The molecule has 0 aromatic heterocycles. The predicted octanol–water partition coefficient (Wildman–Crippen LogP) is 4.78. The van der Waals surface area contributed by atoms with Crippen LogP contribution >= 0.6 is 0 Å². The van der Waals surface area contributed by atoms with E-state index in [4.69, 9.17) is 4.74 Å². The first-order chi connectivity index (χ1) is 11.7. The van der Waals surface area contributed by atoms with Crippen molar-refractivity contribution in [1.29, 1.82) is 0 Å². The molecule has 0 heterocycles. The molecule has 0 unspecified atom stereocenters. The van der Waals surface area contributed by atoms with Crippen LogP contribution in [0.15, 0.2) is 42.5 Å². The average Bonchev–Trinajstić information content (AvgIpc) is 2.62. The van der Waals surface area contributed by atoms with Crippen molar-refractivity contribution >= 4 is 11.6 Å². The first-order valence-corrected chi connectivity index (χ1v) is 8.80. The molecule has 0 saturated carbocycles. The van der Waals surface area contributed by atoms with Gasteiger partial charge in [0.1, 0.15) is 5.75 Å². The van der Waals surface area contributed by atoms with Crippen molar-refractivity contribution in [3.05, 3.63) is 59.2 Å². The Morgan fingerprint density at radius 3 is 2.08 bits per heavy atom. The van der Waals surface area contributed by atoms with Gasteiger partial charge < -0.3 is 10.1 Å². The number of hydrogen-bond acceptors (Lipinski definition) is 2. The monoisotopic (exact) mass is 325 g/mol. The fourth-order valence-electron chi connectivity index (χ4n) is 2.69. The number of ether oxygens (including phenoxy) is 1. The highest BCUT2D eigenvalue weighted by Gasteiger charge is 2.10. The highest BCUT2D eigenvalue weighted by Crippen LogP contribution is 2.22. The number of aryl methyl sites for hydroxylation is 3. The Bertz CT molecular complexity index is 640. The molecule has 1 N–H and O–H groups in total. The second kappa shape index (κ2) is 9.11. The van der Waals surface area contributed by atoms with Gasteiger partial charge in [-0.3, -0.25) is 4.79 Å². The van der Waals surface area contributed by atoms with Gasteiger partial charge >= 0.3 is 0 Å². The molecule has 0 aliphatic carbocycles. The highest BCUT2D eigenvalue weighted by atomic mass is 16.5. The standard InChI is InChI=1S/C21H27NO2/c1-4-16-10-12-19(13-11-16)24-15-14-20(23)22-21-17(5-2)8-7-9-18(21)6-3/h7-13H,4-6,14-15H2,1-3H3,(H,22,23). The lowest BCUT2D eigenvalue weighted by Crippen LogP contribution is -2.17. The fourth-order valence-corrected chi connectivity index (χ4v) is 2.69.